The van der Waals surface area contributed by atoms with Crippen LogP contribution in [0.2, 0.25) is 0 Å². The van der Waals surface area contributed by atoms with Crippen molar-refractivity contribution < 1.29 is 32.2 Å². The molecule has 35 heavy (non-hydrogen) atoms. The van der Waals surface area contributed by atoms with E-state index in [1.54, 1.807) is 4.90 Å². The molecule has 1 amide bonds. The summed E-state index contributed by atoms with van der Waals surface area (Å²) in [6.07, 6.45) is -1.37. The number of carbonyl (C=O) groups is 1. The topological polar surface area (TPSA) is 104 Å². The number of hydrogen-bond donors (Lipinski definition) is 3. The van der Waals surface area contributed by atoms with Crippen molar-refractivity contribution in [2.45, 2.75) is 50.5 Å². The first-order chi connectivity index (χ1) is 16.6. The van der Waals surface area contributed by atoms with E-state index in [1.807, 2.05) is 0 Å². The summed E-state index contributed by atoms with van der Waals surface area (Å²) in [6, 6.07) is 3.24. The Bertz CT molecular complexity index is 1280. The summed E-state index contributed by atoms with van der Waals surface area (Å²) in [5, 5.41) is 10.9. The fraction of sp³-hybridized carbons (Fsp3) is 0.417. The zero-order chi connectivity index (χ0) is 24.9. The smallest absolute Gasteiger partial charge is 0.406 e. The molecule has 4 N–H and O–H groups in total. The summed E-state index contributed by atoms with van der Waals surface area (Å²) in [5.74, 6) is -1.46. The number of aliphatic hydroxyl groups excluding tert-OH is 1. The lowest BCUT2D eigenvalue weighted by molar-refractivity contribution is -0.274. The molecular formula is C24H24F4N4O3. The number of rotatable bonds is 3. The van der Waals surface area contributed by atoms with E-state index in [0.717, 1.165) is 28.8 Å². The molecule has 1 atom stereocenters. The van der Waals surface area contributed by atoms with Gasteiger partial charge in [-0.3, -0.25) is 4.79 Å². The van der Waals surface area contributed by atoms with Gasteiger partial charge in [0.05, 0.1) is 17.9 Å². The fourth-order valence-corrected chi connectivity index (χ4v) is 5.23. The number of aryl methyl sites for hydroxylation is 1. The van der Waals surface area contributed by atoms with Crippen molar-refractivity contribution in [1.82, 2.24) is 14.9 Å². The number of likely N-dealkylation sites (tertiary alicyclic amines) is 1. The van der Waals surface area contributed by atoms with Crippen LogP contribution in [0.3, 0.4) is 0 Å². The first-order valence-corrected chi connectivity index (χ1v) is 11.4. The molecule has 1 fully saturated rings. The van der Waals surface area contributed by atoms with Gasteiger partial charge in [-0.15, -0.1) is 13.2 Å². The number of ether oxygens (including phenoxy) is 1. The van der Waals surface area contributed by atoms with Crippen LogP contribution in [-0.2, 0) is 12.8 Å². The second kappa shape index (κ2) is 8.71. The maximum absolute atomic E-state index is 15.0. The van der Waals surface area contributed by atoms with E-state index in [9.17, 15) is 23.1 Å². The van der Waals surface area contributed by atoms with Gasteiger partial charge in [-0.05, 0) is 49.3 Å². The number of aromatic nitrogens is 2. The molecule has 0 radical (unpaired) electrons. The van der Waals surface area contributed by atoms with Crippen LogP contribution in [0.4, 0.5) is 23.2 Å². The molecule has 2 aliphatic rings. The molecule has 1 aromatic carbocycles. The Morgan fingerprint density at radius 1 is 1.23 bits per heavy atom. The normalized spacial score (nSPS) is 19.1. The van der Waals surface area contributed by atoms with Crippen molar-refractivity contribution in [2.75, 3.05) is 18.8 Å². The van der Waals surface area contributed by atoms with Crippen LogP contribution >= 0.6 is 0 Å². The number of nitrogens with zero attached hydrogens (tertiary/aromatic N) is 2. The third-order valence-corrected chi connectivity index (χ3v) is 6.85. The van der Waals surface area contributed by atoms with E-state index in [4.69, 9.17) is 5.73 Å². The number of pyridine rings is 1. The standard InChI is InChI=1S/C24H24F4N4O3/c25-17-11-30-22-21(16-9-13(33)1-4-19(16)31-22)20(17)12-5-7-32(8-6-12)23(34)15-3-2-14(10-18(15)29)35-24(26,27)28/h2-3,10-13,33H,1,4-9,29H2,(H,30,31). The number of nitrogens with one attached hydrogen (secondary N) is 1. The van der Waals surface area contributed by atoms with Crippen molar-refractivity contribution in [3.8, 4) is 5.75 Å². The first-order valence-electron chi connectivity index (χ1n) is 11.4. The predicted octanol–water partition coefficient (Wildman–Crippen LogP) is 4.05. The van der Waals surface area contributed by atoms with E-state index in [0.29, 0.717) is 56.4 Å². The number of aliphatic hydroxyl groups is 1. The Kier molecular flexibility index (Phi) is 5.82. The monoisotopic (exact) mass is 492 g/mol. The lowest BCUT2D eigenvalue weighted by atomic mass is 9.84. The van der Waals surface area contributed by atoms with Gasteiger partial charge in [0.15, 0.2) is 0 Å². The quantitative estimate of drug-likeness (QED) is 0.378. The Morgan fingerprint density at radius 3 is 2.66 bits per heavy atom. The zero-order valence-corrected chi connectivity index (χ0v) is 18.7. The Hall–Kier alpha value is -3.34. The lowest BCUT2D eigenvalue weighted by Gasteiger charge is -2.33. The van der Waals surface area contributed by atoms with Crippen LogP contribution in [0.5, 0.6) is 5.75 Å². The number of carbonyl (C=O) groups excluding carboxylic acids is 1. The minimum Gasteiger partial charge on any atom is -0.406 e. The van der Waals surface area contributed by atoms with Gasteiger partial charge in [0.2, 0.25) is 0 Å². The molecule has 3 aromatic rings. The van der Waals surface area contributed by atoms with E-state index in [-0.39, 0.29) is 17.2 Å². The minimum atomic E-state index is -4.86. The van der Waals surface area contributed by atoms with Gasteiger partial charge >= 0.3 is 6.36 Å². The predicted molar refractivity (Wildman–Crippen MR) is 119 cm³/mol. The van der Waals surface area contributed by atoms with Crippen molar-refractivity contribution >= 4 is 22.6 Å². The first kappa shape index (κ1) is 23.4. The Balaban J connectivity index is 1.34. The van der Waals surface area contributed by atoms with Crippen LogP contribution in [0, 0.1) is 5.82 Å². The molecule has 1 aliphatic heterocycles. The molecule has 186 valence electrons. The molecule has 0 saturated carbocycles. The van der Waals surface area contributed by atoms with Gasteiger partial charge in [-0.25, -0.2) is 9.37 Å². The second-order valence-corrected chi connectivity index (χ2v) is 9.09. The highest BCUT2D eigenvalue weighted by Crippen LogP contribution is 2.39. The molecule has 1 unspecified atom stereocenters. The molecular weight excluding hydrogens is 468 g/mol. The van der Waals surface area contributed by atoms with Crippen molar-refractivity contribution in [1.29, 1.82) is 0 Å². The Labute approximate surface area is 197 Å². The van der Waals surface area contributed by atoms with Crippen LogP contribution in [0.25, 0.3) is 11.0 Å². The Morgan fingerprint density at radius 2 is 1.97 bits per heavy atom. The van der Waals surface area contributed by atoms with Crippen LogP contribution in [0.1, 0.15) is 52.4 Å². The van der Waals surface area contributed by atoms with Gasteiger partial charge in [-0.1, -0.05) is 0 Å². The number of nitrogens with two attached hydrogens (primary N) is 1. The number of nitrogen functional groups attached to an aromatic ring is 1. The average Bonchev–Trinajstić information content (AvgIpc) is 3.16. The largest absolute Gasteiger partial charge is 0.573 e. The fourth-order valence-electron chi connectivity index (χ4n) is 5.23. The molecule has 3 heterocycles. The maximum atomic E-state index is 15.0. The molecule has 7 nitrogen and oxygen atoms in total. The highest BCUT2D eigenvalue weighted by atomic mass is 19.4. The van der Waals surface area contributed by atoms with Gasteiger partial charge in [0.25, 0.3) is 5.91 Å². The summed E-state index contributed by atoms with van der Waals surface area (Å²) < 4.78 is 56.2. The number of piperidine rings is 1. The number of anilines is 1. The summed E-state index contributed by atoms with van der Waals surface area (Å²) in [4.78, 5) is 22.0. The van der Waals surface area contributed by atoms with E-state index >= 15 is 4.39 Å². The number of amides is 1. The number of hydrogen-bond acceptors (Lipinski definition) is 5. The van der Waals surface area contributed by atoms with Crippen LogP contribution in [0.15, 0.2) is 24.4 Å². The van der Waals surface area contributed by atoms with Crippen molar-refractivity contribution in [3.05, 3.63) is 52.6 Å². The highest BCUT2D eigenvalue weighted by molar-refractivity contribution is 5.99. The molecule has 5 rings (SSSR count). The van der Waals surface area contributed by atoms with E-state index in [1.165, 1.54) is 12.3 Å². The zero-order valence-electron chi connectivity index (χ0n) is 18.7. The summed E-state index contributed by atoms with van der Waals surface area (Å²) >= 11 is 0. The van der Waals surface area contributed by atoms with Crippen LogP contribution < -0.4 is 10.5 Å². The van der Waals surface area contributed by atoms with Crippen LogP contribution in [-0.4, -0.2) is 51.4 Å². The number of halogens is 4. The SMILES string of the molecule is Nc1cc(OC(F)(F)F)ccc1C(=O)N1CCC(c2c(F)cnc3[nH]c4c(c23)CC(O)CC4)CC1. The van der Waals surface area contributed by atoms with Gasteiger partial charge < -0.3 is 25.5 Å². The number of alkyl halides is 3. The molecule has 1 aliphatic carbocycles. The molecule has 0 bridgehead atoms. The molecule has 2 aromatic heterocycles. The molecule has 0 spiro atoms. The second-order valence-electron chi connectivity index (χ2n) is 9.09. The summed E-state index contributed by atoms with van der Waals surface area (Å²) in [6.45, 7) is 0.671. The number of aromatic amines is 1. The minimum absolute atomic E-state index is 0.0872. The van der Waals surface area contributed by atoms with Gasteiger partial charge in [0, 0.05) is 47.9 Å². The lowest BCUT2D eigenvalue weighted by Crippen LogP contribution is -2.38. The highest BCUT2D eigenvalue weighted by Gasteiger charge is 2.33. The van der Waals surface area contributed by atoms with Gasteiger partial charge in [-0.2, -0.15) is 0 Å². The van der Waals surface area contributed by atoms with E-state index in [2.05, 4.69) is 14.7 Å². The van der Waals surface area contributed by atoms with Gasteiger partial charge in [0.1, 0.15) is 17.2 Å². The van der Waals surface area contributed by atoms with Crippen molar-refractivity contribution in [3.63, 3.8) is 0 Å². The molecule has 11 heteroatoms. The third-order valence-electron chi connectivity index (χ3n) is 6.85. The number of fused-ring (bicyclic) bond motifs is 3. The average molecular weight is 492 g/mol. The number of H-pyrrole nitrogens is 1. The summed E-state index contributed by atoms with van der Waals surface area (Å²) in [7, 11) is 0. The van der Waals surface area contributed by atoms with Crippen molar-refractivity contribution in [2.24, 2.45) is 0 Å². The van der Waals surface area contributed by atoms with E-state index < -0.39 is 29.9 Å². The summed E-state index contributed by atoms with van der Waals surface area (Å²) in [5.41, 5.74) is 8.86. The number of benzene rings is 1. The third kappa shape index (κ3) is 4.52. The maximum Gasteiger partial charge on any atom is 0.573 e. The molecule has 1 saturated heterocycles.